The molecule has 0 aliphatic carbocycles. The van der Waals surface area contributed by atoms with Crippen LogP contribution < -0.4 is 5.56 Å². The van der Waals surface area contributed by atoms with Crippen molar-refractivity contribution in [3.63, 3.8) is 0 Å². The van der Waals surface area contributed by atoms with Crippen LogP contribution >= 0.6 is 0 Å². The zero-order chi connectivity index (χ0) is 24.1. The number of nitrogens with zero attached hydrogens (tertiary/aromatic N) is 3. The van der Waals surface area contributed by atoms with E-state index in [0.717, 1.165) is 0 Å². The molecule has 0 aliphatic rings. The molecule has 0 spiro atoms. The van der Waals surface area contributed by atoms with Crippen LogP contribution in [0.15, 0.2) is 76.1 Å². The Morgan fingerprint density at radius 1 is 1.18 bits per heavy atom. The number of halogens is 1. The topological polar surface area (TPSA) is 77.6 Å². The fourth-order valence-corrected chi connectivity index (χ4v) is 4.06. The standard InChI is InChI=1S/C26H26FN3O4/c1-3-23(24-28-22-12-5-4-11-21(22)26(32)29(24)13-15-33-2)30(17-20-10-7-14-34-20)25(31)18-8-6-9-19(27)16-18/h4-12,14,16,23H,3,13,15,17H2,1-2H3. The van der Waals surface area contributed by atoms with Gasteiger partial charge in [0, 0.05) is 12.7 Å². The van der Waals surface area contributed by atoms with Gasteiger partial charge in [-0.15, -0.1) is 0 Å². The lowest BCUT2D eigenvalue weighted by atomic mass is 10.1. The second-order valence-electron chi connectivity index (χ2n) is 7.88. The molecule has 8 heteroatoms. The van der Waals surface area contributed by atoms with Crippen LogP contribution in [0.5, 0.6) is 0 Å². The summed E-state index contributed by atoms with van der Waals surface area (Å²) in [5.74, 6) is 0.121. The van der Waals surface area contributed by atoms with Gasteiger partial charge in [0.15, 0.2) is 0 Å². The van der Waals surface area contributed by atoms with Crippen molar-refractivity contribution in [2.75, 3.05) is 13.7 Å². The Morgan fingerprint density at radius 3 is 2.71 bits per heavy atom. The third-order valence-corrected chi connectivity index (χ3v) is 5.71. The van der Waals surface area contributed by atoms with Crippen molar-refractivity contribution >= 4 is 16.8 Å². The highest BCUT2D eigenvalue weighted by Gasteiger charge is 2.30. The minimum absolute atomic E-state index is 0.133. The molecular weight excluding hydrogens is 437 g/mol. The van der Waals surface area contributed by atoms with Crippen molar-refractivity contribution in [3.8, 4) is 0 Å². The molecule has 0 aliphatic heterocycles. The van der Waals surface area contributed by atoms with Crippen LogP contribution in [-0.2, 0) is 17.8 Å². The fourth-order valence-electron chi connectivity index (χ4n) is 4.06. The van der Waals surface area contributed by atoms with Gasteiger partial charge in [0.05, 0.1) is 42.9 Å². The molecule has 1 unspecified atom stereocenters. The highest BCUT2D eigenvalue weighted by atomic mass is 19.1. The third kappa shape index (κ3) is 4.77. The van der Waals surface area contributed by atoms with E-state index in [0.29, 0.717) is 35.5 Å². The Balaban J connectivity index is 1.87. The van der Waals surface area contributed by atoms with E-state index in [1.54, 1.807) is 53.0 Å². The number of fused-ring (bicyclic) bond motifs is 1. The molecule has 34 heavy (non-hydrogen) atoms. The van der Waals surface area contributed by atoms with Gasteiger partial charge < -0.3 is 14.1 Å². The van der Waals surface area contributed by atoms with E-state index in [1.807, 2.05) is 13.0 Å². The lowest BCUT2D eigenvalue weighted by Gasteiger charge is -2.32. The summed E-state index contributed by atoms with van der Waals surface area (Å²) in [5.41, 5.74) is 0.551. The van der Waals surface area contributed by atoms with Crippen LogP contribution in [0.2, 0.25) is 0 Å². The Bertz CT molecular complexity index is 1330. The van der Waals surface area contributed by atoms with Gasteiger partial charge in [0.2, 0.25) is 0 Å². The number of hydrogen-bond acceptors (Lipinski definition) is 5. The number of carbonyl (C=O) groups excluding carboxylic acids is 1. The summed E-state index contributed by atoms with van der Waals surface area (Å²) in [6.45, 7) is 2.63. The Hall–Kier alpha value is -3.78. The van der Waals surface area contributed by atoms with Crippen molar-refractivity contribution in [2.45, 2.75) is 32.5 Å². The van der Waals surface area contributed by atoms with E-state index in [4.69, 9.17) is 14.1 Å². The number of ether oxygens (including phenoxy) is 1. The van der Waals surface area contributed by atoms with Crippen LogP contribution in [0.4, 0.5) is 4.39 Å². The van der Waals surface area contributed by atoms with Gasteiger partial charge in [0.25, 0.3) is 11.5 Å². The Kier molecular flexibility index (Phi) is 7.18. The molecule has 1 atom stereocenters. The molecule has 1 amide bonds. The number of furan rings is 1. The smallest absolute Gasteiger partial charge is 0.261 e. The van der Waals surface area contributed by atoms with E-state index in [2.05, 4.69) is 0 Å². The number of benzene rings is 2. The third-order valence-electron chi connectivity index (χ3n) is 5.71. The minimum Gasteiger partial charge on any atom is -0.467 e. The molecule has 2 aromatic carbocycles. The summed E-state index contributed by atoms with van der Waals surface area (Å²) in [6, 6.07) is 15.6. The van der Waals surface area contributed by atoms with E-state index >= 15 is 0 Å². The zero-order valence-corrected chi connectivity index (χ0v) is 19.1. The van der Waals surface area contributed by atoms with Crippen molar-refractivity contribution in [1.29, 1.82) is 0 Å². The number of rotatable bonds is 9. The molecule has 4 rings (SSSR count). The van der Waals surface area contributed by atoms with E-state index in [-0.39, 0.29) is 30.1 Å². The SMILES string of the molecule is CCC(c1nc2ccccc2c(=O)n1CCOC)N(Cc1ccco1)C(=O)c1cccc(F)c1. The first kappa shape index (κ1) is 23.4. The Labute approximate surface area is 196 Å². The van der Waals surface area contributed by atoms with Crippen LogP contribution in [0.3, 0.4) is 0 Å². The average molecular weight is 464 g/mol. The normalized spacial score (nSPS) is 12.1. The lowest BCUT2D eigenvalue weighted by molar-refractivity contribution is 0.0618. The van der Waals surface area contributed by atoms with Crippen molar-refractivity contribution < 1.29 is 18.3 Å². The van der Waals surface area contributed by atoms with Crippen LogP contribution in [0.25, 0.3) is 10.9 Å². The first-order valence-corrected chi connectivity index (χ1v) is 11.1. The highest BCUT2D eigenvalue weighted by Crippen LogP contribution is 2.28. The van der Waals surface area contributed by atoms with Crippen molar-refractivity contribution in [1.82, 2.24) is 14.5 Å². The summed E-state index contributed by atoms with van der Waals surface area (Å²) in [7, 11) is 1.56. The Morgan fingerprint density at radius 2 is 2.00 bits per heavy atom. The number of methoxy groups -OCH3 is 1. The fraction of sp³-hybridized carbons (Fsp3) is 0.269. The second kappa shape index (κ2) is 10.4. The van der Waals surface area contributed by atoms with Gasteiger partial charge in [-0.2, -0.15) is 0 Å². The number of aromatic nitrogens is 2. The summed E-state index contributed by atoms with van der Waals surface area (Å²) < 4.78 is 26.3. The van der Waals surface area contributed by atoms with E-state index < -0.39 is 11.9 Å². The number of carbonyl (C=O) groups is 1. The predicted molar refractivity (Wildman–Crippen MR) is 126 cm³/mol. The number of para-hydroxylation sites is 1. The maximum Gasteiger partial charge on any atom is 0.261 e. The lowest BCUT2D eigenvalue weighted by Crippen LogP contribution is -2.39. The summed E-state index contributed by atoms with van der Waals surface area (Å²) >= 11 is 0. The molecule has 0 saturated heterocycles. The molecule has 0 fully saturated rings. The van der Waals surface area contributed by atoms with Gasteiger partial charge in [-0.1, -0.05) is 25.1 Å². The molecule has 0 radical (unpaired) electrons. The molecule has 2 aromatic heterocycles. The van der Waals surface area contributed by atoms with Gasteiger partial charge in [0.1, 0.15) is 17.4 Å². The second-order valence-corrected chi connectivity index (χ2v) is 7.88. The van der Waals surface area contributed by atoms with E-state index in [9.17, 15) is 14.0 Å². The minimum atomic E-state index is -0.574. The zero-order valence-electron chi connectivity index (χ0n) is 19.1. The van der Waals surface area contributed by atoms with Gasteiger partial charge >= 0.3 is 0 Å². The molecule has 4 aromatic rings. The van der Waals surface area contributed by atoms with Crippen molar-refractivity contribution in [2.24, 2.45) is 0 Å². The van der Waals surface area contributed by atoms with Gasteiger partial charge in [-0.05, 0) is 48.9 Å². The largest absolute Gasteiger partial charge is 0.467 e. The first-order chi connectivity index (χ1) is 16.5. The predicted octanol–water partition coefficient (Wildman–Crippen LogP) is 4.57. The summed E-state index contributed by atoms with van der Waals surface area (Å²) in [4.78, 5) is 33.4. The maximum absolute atomic E-state index is 13.9. The van der Waals surface area contributed by atoms with Crippen molar-refractivity contribution in [3.05, 3.63) is 100 Å². The molecule has 0 saturated carbocycles. The average Bonchev–Trinajstić information content (AvgIpc) is 3.36. The van der Waals surface area contributed by atoms with Gasteiger partial charge in [-0.25, -0.2) is 9.37 Å². The molecule has 0 N–H and O–H groups in total. The van der Waals surface area contributed by atoms with Crippen LogP contribution in [0.1, 0.15) is 41.3 Å². The van der Waals surface area contributed by atoms with E-state index in [1.165, 1.54) is 24.5 Å². The molecule has 0 bridgehead atoms. The van der Waals surface area contributed by atoms with Gasteiger partial charge in [-0.3, -0.25) is 14.2 Å². The van der Waals surface area contributed by atoms with Crippen LogP contribution in [0, 0.1) is 5.82 Å². The molecular formula is C26H26FN3O4. The molecule has 176 valence electrons. The summed E-state index contributed by atoms with van der Waals surface area (Å²) in [5, 5.41) is 0.492. The molecule has 2 heterocycles. The molecule has 7 nitrogen and oxygen atoms in total. The first-order valence-electron chi connectivity index (χ1n) is 11.1. The monoisotopic (exact) mass is 463 g/mol. The number of hydrogen-bond donors (Lipinski definition) is 0. The maximum atomic E-state index is 13.9. The highest BCUT2D eigenvalue weighted by molar-refractivity contribution is 5.94. The van der Waals surface area contributed by atoms with Crippen LogP contribution in [-0.4, -0.2) is 34.1 Å². The number of amides is 1. The quantitative estimate of drug-likeness (QED) is 0.363. The summed E-state index contributed by atoms with van der Waals surface area (Å²) in [6.07, 6.45) is 2.00.